The second-order valence-corrected chi connectivity index (χ2v) is 24.5. The number of fused-ring (bicyclic) bond motifs is 7. The second kappa shape index (κ2) is 11.2. The van der Waals surface area contributed by atoms with E-state index in [1.54, 1.807) is 17.7 Å². The summed E-state index contributed by atoms with van der Waals surface area (Å²) in [6.45, 7) is 13.0. The molecule has 2 aromatic rings. The van der Waals surface area contributed by atoms with Crippen LogP contribution in [0.1, 0.15) is 88.8 Å². The van der Waals surface area contributed by atoms with Crippen molar-refractivity contribution in [3.63, 3.8) is 0 Å². The number of hydrogen-bond donors (Lipinski definition) is 0. The molecule has 7 rings (SSSR count). The molecule has 2 fully saturated rings. The van der Waals surface area contributed by atoms with Gasteiger partial charge in [0.1, 0.15) is 0 Å². The Morgan fingerprint density at radius 2 is 1.66 bits per heavy atom. The second-order valence-electron chi connectivity index (χ2n) is 14.6. The molecule has 0 spiro atoms. The van der Waals surface area contributed by atoms with Crippen LogP contribution in [0.2, 0.25) is 3.12 Å². The van der Waals surface area contributed by atoms with Gasteiger partial charge in [-0.05, 0) is 0 Å². The molecule has 0 saturated heterocycles. The van der Waals surface area contributed by atoms with E-state index in [9.17, 15) is 0 Å². The molecule has 5 aliphatic carbocycles. The Morgan fingerprint density at radius 1 is 0.927 bits per heavy atom. The fourth-order valence-electron chi connectivity index (χ4n) is 10.6. The molecule has 3 heteroatoms. The van der Waals surface area contributed by atoms with E-state index < -0.39 is 19.8 Å². The summed E-state index contributed by atoms with van der Waals surface area (Å²) in [4.78, 5) is 0. The summed E-state index contributed by atoms with van der Waals surface area (Å²) in [6, 6.07) is 19.2. The third kappa shape index (κ3) is 4.25. The fraction of sp³-hybridized carbons (Fsp3) is 0.500. The van der Waals surface area contributed by atoms with Gasteiger partial charge in [0.15, 0.2) is 0 Å². The minimum atomic E-state index is -3.56. The Morgan fingerprint density at radius 3 is 2.37 bits per heavy atom. The number of hydrogen-bond acceptors (Lipinski definition) is 0. The summed E-state index contributed by atoms with van der Waals surface area (Å²) in [5.74, 6) is 3.75. The summed E-state index contributed by atoms with van der Waals surface area (Å²) in [5.41, 5.74) is 8.67. The van der Waals surface area contributed by atoms with Gasteiger partial charge >= 0.3 is 243 Å². The normalized spacial score (nSPS) is 34.2. The summed E-state index contributed by atoms with van der Waals surface area (Å²) in [6.07, 6.45) is 16.6. The van der Waals surface area contributed by atoms with Gasteiger partial charge in [-0.25, -0.2) is 0 Å². The molecule has 0 heterocycles. The molecule has 0 amide bonds. The topological polar surface area (TPSA) is 0 Å². The summed E-state index contributed by atoms with van der Waals surface area (Å²) in [7, 11) is 0. The Bertz CT molecular complexity index is 1470. The maximum absolute atomic E-state index is 5.61. The van der Waals surface area contributed by atoms with Gasteiger partial charge in [-0.3, -0.25) is 0 Å². The first kappa shape index (κ1) is 31.4. The SMILES string of the molecule is Cl.Cl.[CH2]=[Zr]([C]1=CC=CC1)([c]1cccc(C)c1)[C]1(C)C2=C3Cc4ccccc4C3C3CCCCC3C2CC(C)C1(C)C. The van der Waals surface area contributed by atoms with Gasteiger partial charge in [-0.2, -0.15) is 0 Å². The van der Waals surface area contributed by atoms with Crippen molar-refractivity contribution in [3.8, 4) is 0 Å². The van der Waals surface area contributed by atoms with Crippen molar-refractivity contribution in [3.05, 3.63) is 97.9 Å². The number of rotatable bonds is 3. The molecule has 219 valence electrons. The van der Waals surface area contributed by atoms with Crippen LogP contribution >= 0.6 is 24.8 Å². The van der Waals surface area contributed by atoms with E-state index in [2.05, 4.69) is 101 Å². The molecule has 0 radical (unpaired) electrons. The van der Waals surface area contributed by atoms with Gasteiger partial charge in [-0.15, -0.1) is 24.8 Å². The van der Waals surface area contributed by atoms with Crippen molar-refractivity contribution in [2.45, 2.75) is 88.6 Å². The molecule has 7 atom stereocenters. The van der Waals surface area contributed by atoms with Gasteiger partial charge in [-0.1, -0.05) is 0 Å². The number of allylic oxidation sites excluding steroid dienone is 6. The number of halogens is 2. The predicted octanol–water partition coefficient (Wildman–Crippen LogP) is 10.2. The molecule has 0 aromatic heterocycles. The van der Waals surface area contributed by atoms with Crippen molar-refractivity contribution in [2.75, 3.05) is 0 Å². The quantitative estimate of drug-likeness (QED) is 0.286. The van der Waals surface area contributed by atoms with Gasteiger partial charge < -0.3 is 0 Å². The predicted molar refractivity (Wildman–Crippen MR) is 179 cm³/mol. The monoisotopic (exact) mass is 665 g/mol. The van der Waals surface area contributed by atoms with Crippen LogP contribution < -0.4 is 3.27 Å². The molecule has 7 unspecified atom stereocenters. The van der Waals surface area contributed by atoms with Crippen LogP contribution in [0.3, 0.4) is 0 Å². The van der Waals surface area contributed by atoms with Crippen LogP contribution in [0.4, 0.5) is 0 Å². The molecule has 41 heavy (non-hydrogen) atoms. The molecule has 0 bridgehead atoms. The molecule has 0 N–H and O–H groups in total. The van der Waals surface area contributed by atoms with Gasteiger partial charge in [0.2, 0.25) is 0 Å². The van der Waals surface area contributed by atoms with Crippen LogP contribution in [-0.2, 0) is 26.2 Å². The van der Waals surface area contributed by atoms with E-state index in [0.717, 1.165) is 24.2 Å². The zero-order chi connectivity index (χ0) is 27.2. The van der Waals surface area contributed by atoms with Crippen LogP contribution in [-0.4, -0.2) is 4.21 Å². The molecular formula is C38H49Cl2Zr. The van der Waals surface area contributed by atoms with Crippen molar-refractivity contribution in [1.29, 1.82) is 0 Å². The van der Waals surface area contributed by atoms with E-state index in [4.69, 9.17) is 4.21 Å². The molecule has 2 aromatic carbocycles. The van der Waals surface area contributed by atoms with Crippen molar-refractivity contribution in [2.24, 2.45) is 29.1 Å². The minimum absolute atomic E-state index is 0. The van der Waals surface area contributed by atoms with Crippen molar-refractivity contribution >= 4 is 32.3 Å². The average Bonchev–Trinajstić information content (AvgIpc) is 3.60. The fourth-order valence-corrected chi connectivity index (χ4v) is 23.9. The Balaban J connectivity index is 0.00000169. The Labute approximate surface area is 265 Å². The Kier molecular flexibility index (Phi) is 8.56. The molecule has 0 aliphatic heterocycles. The summed E-state index contributed by atoms with van der Waals surface area (Å²) < 4.78 is 9.06. The molecule has 2 saturated carbocycles. The maximum atomic E-state index is 5.61. The summed E-state index contributed by atoms with van der Waals surface area (Å²) >= 11 is -3.56. The summed E-state index contributed by atoms with van der Waals surface area (Å²) in [5, 5.41) is 0. The van der Waals surface area contributed by atoms with E-state index >= 15 is 0 Å². The van der Waals surface area contributed by atoms with Crippen LogP contribution in [0, 0.1) is 36.0 Å². The van der Waals surface area contributed by atoms with Crippen LogP contribution in [0.15, 0.2) is 81.2 Å². The third-order valence-corrected chi connectivity index (χ3v) is 26.3. The first-order valence-corrected chi connectivity index (χ1v) is 21.2. The van der Waals surface area contributed by atoms with E-state index in [0.29, 0.717) is 11.8 Å². The molecule has 5 aliphatic rings. The molecule has 0 nitrogen and oxygen atoms in total. The molecular weight excluding hydrogens is 619 g/mol. The van der Waals surface area contributed by atoms with E-state index in [1.165, 1.54) is 44.1 Å². The zero-order valence-electron chi connectivity index (χ0n) is 25.7. The first-order valence-electron chi connectivity index (χ1n) is 15.8. The van der Waals surface area contributed by atoms with E-state index in [-0.39, 0.29) is 33.4 Å². The standard InChI is InChI=1S/C25H33.C7H7.C5H5.CH2.2ClH.Zr/c1-15-13-21-19-11-7-8-12-20(19)24-18-10-6-5-9-17(18)14-22(24)23(21)16(2)25(15,3)4;1-7-5-3-2-4-6-7;1-2-4-5-3-1;;;;/h5-6,9-10,15,19-21,24H,7-8,11-14H2,1-4H3;2-3,5-6H,1H3;1-3H,4H2;1H2;2*1H;. The Hall–Kier alpha value is -1.01. The van der Waals surface area contributed by atoms with E-state index in [1.807, 2.05) is 11.1 Å². The van der Waals surface area contributed by atoms with Gasteiger partial charge in [0.25, 0.3) is 0 Å². The van der Waals surface area contributed by atoms with Crippen molar-refractivity contribution in [1.82, 2.24) is 0 Å². The van der Waals surface area contributed by atoms with Crippen LogP contribution in [0.5, 0.6) is 0 Å². The average molecular weight is 668 g/mol. The van der Waals surface area contributed by atoms with Gasteiger partial charge in [0, 0.05) is 0 Å². The zero-order valence-corrected chi connectivity index (χ0v) is 29.8. The van der Waals surface area contributed by atoms with Crippen molar-refractivity contribution < 1.29 is 19.8 Å². The van der Waals surface area contributed by atoms with Gasteiger partial charge in [0.05, 0.1) is 0 Å². The number of aryl methyl sites for hydroxylation is 1. The number of benzene rings is 2. The first-order chi connectivity index (χ1) is 18.7. The van der Waals surface area contributed by atoms with Crippen LogP contribution in [0.25, 0.3) is 0 Å². The third-order valence-electron chi connectivity index (χ3n) is 13.0.